The van der Waals surface area contributed by atoms with Gasteiger partial charge in [-0.05, 0) is 62.7 Å². The monoisotopic (exact) mass is 396 g/mol. The summed E-state index contributed by atoms with van der Waals surface area (Å²) in [7, 11) is 0. The van der Waals surface area contributed by atoms with Crippen LogP contribution in [0.25, 0.3) is 0 Å². The van der Waals surface area contributed by atoms with Gasteiger partial charge in [0.1, 0.15) is 5.82 Å². The zero-order valence-corrected chi connectivity index (χ0v) is 16.1. The SMILES string of the molecule is CC(=O)c1ccc(NC(=O)[C@H](C)N[C@H](C)c2cc(F)c(Cl)cc2Cl)cc1. The molecule has 4 nitrogen and oxygen atoms in total. The Morgan fingerprint density at radius 1 is 1.04 bits per heavy atom. The summed E-state index contributed by atoms with van der Waals surface area (Å²) in [6, 6.07) is 8.29. The van der Waals surface area contributed by atoms with Crippen LogP contribution in [-0.4, -0.2) is 17.7 Å². The van der Waals surface area contributed by atoms with E-state index in [-0.39, 0.29) is 22.8 Å². The van der Waals surface area contributed by atoms with E-state index in [4.69, 9.17) is 23.2 Å². The molecule has 0 unspecified atom stereocenters. The summed E-state index contributed by atoms with van der Waals surface area (Å²) in [6.45, 7) is 4.95. The van der Waals surface area contributed by atoms with E-state index in [9.17, 15) is 14.0 Å². The van der Waals surface area contributed by atoms with Crippen molar-refractivity contribution in [3.8, 4) is 0 Å². The number of benzene rings is 2. The van der Waals surface area contributed by atoms with Crippen molar-refractivity contribution >= 4 is 40.6 Å². The van der Waals surface area contributed by atoms with Gasteiger partial charge in [-0.3, -0.25) is 14.9 Å². The molecular formula is C19H19Cl2FN2O2. The number of hydrogen-bond donors (Lipinski definition) is 2. The summed E-state index contributed by atoms with van der Waals surface area (Å²) in [6.07, 6.45) is 0. The Labute approximate surface area is 161 Å². The number of halogens is 3. The molecule has 138 valence electrons. The molecule has 0 aromatic heterocycles. The van der Waals surface area contributed by atoms with Gasteiger partial charge in [-0.15, -0.1) is 0 Å². The minimum atomic E-state index is -0.567. The van der Waals surface area contributed by atoms with Gasteiger partial charge in [0, 0.05) is 22.3 Å². The molecule has 1 amide bonds. The van der Waals surface area contributed by atoms with Crippen LogP contribution in [0.2, 0.25) is 10.0 Å². The fraction of sp³-hybridized carbons (Fsp3) is 0.263. The number of rotatable bonds is 6. The summed E-state index contributed by atoms with van der Waals surface area (Å²) in [5, 5.41) is 6.10. The van der Waals surface area contributed by atoms with Crippen molar-refractivity contribution in [1.29, 1.82) is 0 Å². The van der Waals surface area contributed by atoms with Gasteiger partial charge in [0.05, 0.1) is 11.1 Å². The Morgan fingerprint density at radius 2 is 1.65 bits per heavy atom. The largest absolute Gasteiger partial charge is 0.325 e. The van der Waals surface area contributed by atoms with Crippen LogP contribution in [0.1, 0.15) is 42.7 Å². The Bertz CT molecular complexity index is 825. The number of Topliss-reactive ketones (excluding diaryl/α,β-unsaturated/α-hetero) is 1. The van der Waals surface area contributed by atoms with Crippen molar-refractivity contribution in [2.24, 2.45) is 0 Å². The van der Waals surface area contributed by atoms with E-state index in [0.29, 0.717) is 21.8 Å². The maximum atomic E-state index is 13.7. The fourth-order valence-corrected chi connectivity index (χ4v) is 3.00. The van der Waals surface area contributed by atoms with Crippen LogP contribution in [-0.2, 0) is 4.79 Å². The van der Waals surface area contributed by atoms with E-state index < -0.39 is 11.9 Å². The Kier molecular flexibility index (Phi) is 6.75. The number of ketones is 1. The van der Waals surface area contributed by atoms with Crippen molar-refractivity contribution in [3.05, 3.63) is 63.4 Å². The number of carbonyl (C=O) groups is 2. The van der Waals surface area contributed by atoms with Crippen LogP contribution in [0.3, 0.4) is 0 Å². The molecular weight excluding hydrogens is 378 g/mol. The second kappa shape index (κ2) is 8.62. The third-order valence-corrected chi connectivity index (χ3v) is 4.58. The molecule has 2 aromatic carbocycles. The number of carbonyl (C=O) groups excluding carboxylic acids is 2. The zero-order valence-electron chi connectivity index (χ0n) is 14.6. The molecule has 0 saturated heterocycles. The van der Waals surface area contributed by atoms with Gasteiger partial charge in [0.15, 0.2) is 5.78 Å². The minimum Gasteiger partial charge on any atom is -0.325 e. The highest BCUT2D eigenvalue weighted by Gasteiger charge is 2.19. The van der Waals surface area contributed by atoms with Gasteiger partial charge in [0.25, 0.3) is 0 Å². The number of amides is 1. The molecule has 0 heterocycles. The first-order valence-electron chi connectivity index (χ1n) is 8.01. The maximum Gasteiger partial charge on any atom is 0.241 e. The third-order valence-electron chi connectivity index (χ3n) is 3.96. The fourth-order valence-electron chi connectivity index (χ4n) is 2.45. The van der Waals surface area contributed by atoms with Crippen molar-refractivity contribution in [2.75, 3.05) is 5.32 Å². The first-order chi connectivity index (χ1) is 12.2. The predicted molar refractivity (Wildman–Crippen MR) is 103 cm³/mol. The second-order valence-corrected chi connectivity index (χ2v) is 6.84. The second-order valence-electron chi connectivity index (χ2n) is 6.02. The van der Waals surface area contributed by atoms with Crippen LogP contribution in [0.4, 0.5) is 10.1 Å². The van der Waals surface area contributed by atoms with Gasteiger partial charge in [0.2, 0.25) is 5.91 Å². The first kappa shape index (κ1) is 20.4. The highest BCUT2D eigenvalue weighted by Crippen LogP contribution is 2.28. The normalized spacial score (nSPS) is 13.2. The van der Waals surface area contributed by atoms with E-state index in [0.717, 1.165) is 0 Å². The lowest BCUT2D eigenvalue weighted by Gasteiger charge is -2.21. The average molecular weight is 397 g/mol. The highest BCUT2D eigenvalue weighted by molar-refractivity contribution is 6.35. The predicted octanol–water partition coefficient (Wildman–Crippen LogP) is 5.01. The van der Waals surface area contributed by atoms with E-state index in [1.165, 1.54) is 19.1 Å². The molecule has 0 saturated carbocycles. The van der Waals surface area contributed by atoms with Crippen molar-refractivity contribution in [3.63, 3.8) is 0 Å². The lowest BCUT2D eigenvalue weighted by molar-refractivity contribution is -0.117. The summed E-state index contributed by atoms with van der Waals surface area (Å²) in [5.41, 5.74) is 1.66. The van der Waals surface area contributed by atoms with Gasteiger partial charge in [-0.2, -0.15) is 0 Å². The Morgan fingerprint density at radius 3 is 2.23 bits per heavy atom. The van der Waals surface area contributed by atoms with Gasteiger partial charge >= 0.3 is 0 Å². The molecule has 2 rings (SSSR count). The first-order valence-corrected chi connectivity index (χ1v) is 8.77. The quantitative estimate of drug-likeness (QED) is 0.532. The van der Waals surface area contributed by atoms with Crippen LogP contribution in [0, 0.1) is 5.82 Å². The number of anilines is 1. The van der Waals surface area contributed by atoms with E-state index in [1.54, 1.807) is 38.1 Å². The molecule has 0 spiro atoms. The van der Waals surface area contributed by atoms with Crippen LogP contribution >= 0.6 is 23.2 Å². The number of nitrogens with one attached hydrogen (secondary N) is 2. The molecule has 0 bridgehead atoms. The smallest absolute Gasteiger partial charge is 0.241 e. The van der Waals surface area contributed by atoms with Crippen LogP contribution < -0.4 is 10.6 Å². The average Bonchev–Trinajstić information content (AvgIpc) is 2.58. The highest BCUT2D eigenvalue weighted by atomic mass is 35.5. The molecule has 2 aromatic rings. The summed E-state index contributed by atoms with van der Waals surface area (Å²) in [5.74, 6) is -0.876. The molecule has 0 aliphatic rings. The lowest BCUT2D eigenvalue weighted by Crippen LogP contribution is -2.39. The summed E-state index contributed by atoms with van der Waals surface area (Å²) in [4.78, 5) is 23.6. The van der Waals surface area contributed by atoms with Crippen LogP contribution in [0.5, 0.6) is 0 Å². The molecule has 0 fully saturated rings. The molecule has 0 aliphatic carbocycles. The molecule has 7 heteroatoms. The van der Waals surface area contributed by atoms with Crippen molar-refractivity contribution < 1.29 is 14.0 Å². The summed E-state index contributed by atoms with van der Waals surface area (Å²) < 4.78 is 13.7. The van der Waals surface area contributed by atoms with E-state index in [1.807, 2.05) is 0 Å². The van der Waals surface area contributed by atoms with E-state index >= 15 is 0 Å². The summed E-state index contributed by atoms with van der Waals surface area (Å²) >= 11 is 11.8. The molecule has 0 aliphatic heterocycles. The molecule has 26 heavy (non-hydrogen) atoms. The van der Waals surface area contributed by atoms with E-state index in [2.05, 4.69) is 10.6 Å². The van der Waals surface area contributed by atoms with Crippen molar-refractivity contribution in [1.82, 2.24) is 5.32 Å². The molecule has 2 atom stereocenters. The Hall–Kier alpha value is -1.95. The topological polar surface area (TPSA) is 58.2 Å². The van der Waals surface area contributed by atoms with Crippen molar-refractivity contribution in [2.45, 2.75) is 32.9 Å². The minimum absolute atomic E-state index is 0.0428. The number of hydrogen-bond acceptors (Lipinski definition) is 3. The zero-order chi connectivity index (χ0) is 19.4. The maximum absolute atomic E-state index is 13.7. The Balaban J connectivity index is 2.02. The third kappa shape index (κ3) is 5.04. The van der Waals surface area contributed by atoms with Gasteiger partial charge in [-0.1, -0.05) is 23.2 Å². The molecule has 2 N–H and O–H groups in total. The lowest BCUT2D eigenvalue weighted by atomic mass is 10.1. The van der Waals surface area contributed by atoms with Gasteiger partial charge < -0.3 is 5.32 Å². The van der Waals surface area contributed by atoms with Crippen LogP contribution in [0.15, 0.2) is 36.4 Å². The molecule has 0 radical (unpaired) electrons. The van der Waals surface area contributed by atoms with Gasteiger partial charge in [-0.25, -0.2) is 4.39 Å². The standard InChI is InChI=1S/C19H19Cl2FN2O2/c1-10(15-8-18(22)17(21)9-16(15)20)23-11(2)19(26)24-14-6-4-13(5-7-14)12(3)25/h4-11,23H,1-3H3,(H,24,26)/t10-,11+/m1/s1.